The van der Waals surface area contributed by atoms with E-state index in [2.05, 4.69) is 11.8 Å². The van der Waals surface area contributed by atoms with Gasteiger partial charge in [-0.1, -0.05) is 17.9 Å². The van der Waals surface area contributed by atoms with Crippen LogP contribution >= 0.6 is 0 Å². The van der Waals surface area contributed by atoms with E-state index in [9.17, 15) is 0 Å². The van der Waals surface area contributed by atoms with Gasteiger partial charge in [0.05, 0.1) is 0 Å². The molecule has 0 saturated heterocycles. The Hall–Kier alpha value is -0.700. The second kappa shape index (κ2) is 3.35. The predicted octanol–water partition coefficient (Wildman–Crippen LogP) is 2.61. The summed E-state index contributed by atoms with van der Waals surface area (Å²) in [4.78, 5) is 0. The van der Waals surface area contributed by atoms with Crippen LogP contribution in [0, 0.1) is 17.3 Å². The first-order chi connectivity index (χ1) is 4.92. The monoisotopic (exact) mass is 124 g/mol. The van der Waals surface area contributed by atoms with Crippen LogP contribution < -0.4 is 0 Å². The Morgan fingerprint density at radius 3 is 2.56 bits per heavy atom. The first kappa shape index (κ1) is 5.11. The summed E-state index contributed by atoms with van der Waals surface area (Å²) in [6.45, 7) is 5.16. The fraction of sp³-hybridized carbons (Fsp3) is 0.556. The van der Waals surface area contributed by atoms with Crippen LogP contribution in [0.5, 0.6) is 0 Å². The minimum Gasteiger partial charge on any atom is -0.0926 e. The first-order valence-electron chi connectivity index (χ1n) is 4.11. The lowest BCUT2D eigenvalue weighted by molar-refractivity contribution is 0.571. The molecule has 0 aromatic carbocycles. The van der Waals surface area contributed by atoms with Gasteiger partial charge >= 0.3 is 0 Å². The van der Waals surface area contributed by atoms with Crippen LogP contribution in [0.1, 0.15) is 30.4 Å². The van der Waals surface area contributed by atoms with Crippen LogP contribution in [0.2, 0.25) is 0 Å². The van der Waals surface area contributed by atoms with Crippen molar-refractivity contribution in [3.63, 3.8) is 0 Å². The van der Waals surface area contributed by atoms with Gasteiger partial charge in [0.15, 0.2) is 0 Å². The molecule has 50 valence electrons. The molecule has 0 N–H and O–H groups in total. The lowest BCUT2D eigenvalue weighted by Crippen LogP contribution is -1.98. The van der Waals surface area contributed by atoms with Gasteiger partial charge in [-0.3, -0.25) is 0 Å². The zero-order valence-electron chi connectivity index (χ0n) is 8.23. The number of hydrogen-bond donors (Lipinski definition) is 0. The van der Waals surface area contributed by atoms with Gasteiger partial charge in [0.25, 0.3) is 0 Å². The number of hydrogen-bond acceptors (Lipinski definition) is 0. The van der Waals surface area contributed by atoms with Gasteiger partial charge in [0.2, 0.25) is 0 Å². The van der Waals surface area contributed by atoms with Crippen molar-refractivity contribution < 1.29 is 2.74 Å². The smallest absolute Gasteiger partial charge is 0.0274 e. The Bertz CT molecular complexity index is 186. The second-order valence-corrected chi connectivity index (χ2v) is 2.88. The summed E-state index contributed by atoms with van der Waals surface area (Å²) in [6, 6.07) is 0. The number of allylic oxidation sites excluding steroid dienone is 2. The summed E-state index contributed by atoms with van der Waals surface area (Å²) in [7, 11) is 0. The molecule has 0 radical (unpaired) electrons. The van der Waals surface area contributed by atoms with E-state index in [1.165, 1.54) is 6.08 Å². The topological polar surface area (TPSA) is 0 Å². The van der Waals surface area contributed by atoms with Gasteiger partial charge in [-0.2, -0.15) is 0 Å². The van der Waals surface area contributed by atoms with Gasteiger partial charge in [0.1, 0.15) is 0 Å². The lowest BCUT2D eigenvalue weighted by atomic mass is 9.98. The third-order valence-electron chi connectivity index (χ3n) is 0.627. The third kappa shape index (κ3) is 7.30. The summed E-state index contributed by atoms with van der Waals surface area (Å²) in [5, 5.41) is 0. The molecule has 0 rings (SSSR count). The van der Waals surface area contributed by atoms with Crippen molar-refractivity contribution in [1.82, 2.24) is 0 Å². The highest BCUT2D eigenvalue weighted by Gasteiger charge is 2.01. The minimum atomic E-state index is -0.899. The lowest BCUT2D eigenvalue weighted by Gasteiger charge is -2.05. The van der Waals surface area contributed by atoms with Crippen LogP contribution in [0.3, 0.4) is 0 Å². The maximum Gasteiger partial charge on any atom is 0.0274 e. The molecule has 0 heteroatoms. The van der Waals surface area contributed by atoms with E-state index in [1.54, 1.807) is 6.08 Å². The summed E-state index contributed by atoms with van der Waals surface area (Å²) >= 11 is 0. The molecule has 0 heterocycles. The van der Waals surface area contributed by atoms with E-state index in [-0.39, 0.29) is 5.41 Å². The zero-order valence-corrected chi connectivity index (χ0v) is 6.23. The molecule has 0 spiro atoms. The Morgan fingerprint density at radius 1 is 1.44 bits per heavy atom. The molecule has 0 nitrogen and oxygen atoms in total. The minimum absolute atomic E-state index is 0.00386. The molecule has 0 aromatic heterocycles. The van der Waals surface area contributed by atoms with Gasteiger partial charge in [-0.15, -0.1) is 0 Å². The van der Waals surface area contributed by atoms with E-state index in [1.807, 2.05) is 20.8 Å². The molecular formula is C9H14. The van der Waals surface area contributed by atoms with Gasteiger partial charge in [0, 0.05) is 8.16 Å². The average Bonchev–Trinajstić information content (AvgIpc) is 1.78. The van der Waals surface area contributed by atoms with Crippen molar-refractivity contribution in [2.24, 2.45) is 5.41 Å². The quantitative estimate of drug-likeness (QED) is 0.435. The zero-order chi connectivity index (χ0) is 8.91. The highest BCUT2D eigenvalue weighted by Crippen LogP contribution is 2.09. The highest BCUT2D eigenvalue weighted by atomic mass is 14.0. The summed E-state index contributed by atoms with van der Waals surface area (Å²) in [6.07, 6.45) is 3.01. The molecule has 0 atom stereocenters. The second-order valence-electron chi connectivity index (χ2n) is 2.88. The Morgan fingerprint density at radius 2 is 2.11 bits per heavy atom. The summed E-state index contributed by atoms with van der Waals surface area (Å²) in [5.74, 6) is 5.76. The average molecular weight is 124 g/mol. The molecule has 9 heavy (non-hydrogen) atoms. The SMILES string of the molecule is [2H]C([2H])C=CC#CC(C)(C)C. The third-order valence-corrected chi connectivity index (χ3v) is 0.627. The Labute approximate surface area is 60.8 Å². The maximum atomic E-state index is 6.82. The molecule has 0 aliphatic carbocycles. The van der Waals surface area contributed by atoms with Crippen LogP contribution in [0.15, 0.2) is 12.2 Å². The van der Waals surface area contributed by atoms with Crippen LogP contribution in [0.4, 0.5) is 0 Å². The number of rotatable bonds is 0. The molecule has 0 amide bonds. The van der Waals surface area contributed by atoms with E-state index >= 15 is 0 Å². The van der Waals surface area contributed by atoms with Gasteiger partial charge in [-0.25, -0.2) is 0 Å². The molecule has 0 unspecified atom stereocenters. The molecule has 0 bridgehead atoms. The molecule has 0 aliphatic rings. The van der Waals surface area contributed by atoms with Crippen molar-refractivity contribution in [3.8, 4) is 11.8 Å². The largest absolute Gasteiger partial charge is 0.0926 e. The Kier molecular flexibility index (Phi) is 1.90. The maximum absolute atomic E-state index is 6.82. The van der Waals surface area contributed by atoms with Crippen molar-refractivity contribution in [1.29, 1.82) is 0 Å². The molecule has 0 aromatic rings. The van der Waals surface area contributed by atoms with Crippen LogP contribution in [-0.2, 0) is 0 Å². The molecule has 0 aliphatic heterocycles. The van der Waals surface area contributed by atoms with E-state index in [0.29, 0.717) is 0 Å². The Balaban J connectivity index is 3.92. The summed E-state index contributed by atoms with van der Waals surface area (Å²) < 4.78 is 13.6. The standard InChI is InChI=1S/C9H14/c1-5-6-7-8-9(2,3)4/h5-6H,1-4H3/i1D2. The van der Waals surface area contributed by atoms with Crippen molar-refractivity contribution >= 4 is 0 Å². The first-order valence-corrected chi connectivity index (χ1v) is 2.96. The molecular weight excluding hydrogens is 108 g/mol. The van der Waals surface area contributed by atoms with Crippen LogP contribution in [-0.4, -0.2) is 0 Å². The normalized spacial score (nSPS) is 14.7. The van der Waals surface area contributed by atoms with E-state index < -0.39 is 6.88 Å². The van der Waals surface area contributed by atoms with E-state index in [0.717, 1.165) is 0 Å². The van der Waals surface area contributed by atoms with Crippen molar-refractivity contribution in [2.45, 2.75) is 27.6 Å². The highest BCUT2D eigenvalue weighted by molar-refractivity contribution is 5.18. The van der Waals surface area contributed by atoms with Crippen LogP contribution in [0.25, 0.3) is 0 Å². The van der Waals surface area contributed by atoms with E-state index in [4.69, 9.17) is 2.74 Å². The summed E-state index contributed by atoms with van der Waals surface area (Å²) in [5.41, 5.74) is 0.00386. The molecule has 0 fully saturated rings. The fourth-order valence-corrected chi connectivity index (χ4v) is 0.306. The van der Waals surface area contributed by atoms with Gasteiger partial charge < -0.3 is 0 Å². The molecule has 0 saturated carbocycles. The van der Waals surface area contributed by atoms with Crippen molar-refractivity contribution in [3.05, 3.63) is 12.2 Å². The predicted molar refractivity (Wildman–Crippen MR) is 42.0 cm³/mol. The fourth-order valence-electron chi connectivity index (χ4n) is 0.306. The van der Waals surface area contributed by atoms with Gasteiger partial charge in [-0.05, 0) is 33.7 Å². The van der Waals surface area contributed by atoms with Crippen molar-refractivity contribution in [2.75, 3.05) is 0 Å².